The minimum absolute atomic E-state index is 0.0829. The van der Waals surface area contributed by atoms with Crippen LogP contribution in [-0.4, -0.2) is 76.4 Å². The number of rotatable bonds is 6. The van der Waals surface area contributed by atoms with Crippen molar-refractivity contribution >= 4 is 17.7 Å². The number of hydrogen-bond acceptors (Lipinski definition) is 7. The van der Waals surface area contributed by atoms with Gasteiger partial charge in [0.2, 0.25) is 5.91 Å². The molecule has 0 aromatic carbocycles. The van der Waals surface area contributed by atoms with E-state index < -0.39 is 4.92 Å². The first kappa shape index (κ1) is 18.5. The smallest absolute Gasteiger partial charge is 0.409 e. The molecule has 1 aromatic heterocycles. The highest BCUT2D eigenvalue weighted by molar-refractivity contribution is 5.76. The van der Waals surface area contributed by atoms with Crippen LogP contribution in [0.1, 0.15) is 13.3 Å². The summed E-state index contributed by atoms with van der Waals surface area (Å²) in [6.07, 6.45) is 1.03. The van der Waals surface area contributed by atoms with Crippen molar-refractivity contribution in [3.63, 3.8) is 0 Å². The van der Waals surface area contributed by atoms with E-state index in [0.717, 1.165) is 0 Å². The van der Waals surface area contributed by atoms with Crippen molar-refractivity contribution in [2.75, 3.05) is 39.9 Å². The summed E-state index contributed by atoms with van der Waals surface area (Å²) in [5.74, 6) is -0.180. The molecule has 1 aromatic rings. The maximum atomic E-state index is 12.3. The van der Waals surface area contributed by atoms with Crippen LogP contribution in [0.4, 0.5) is 10.5 Å². The van der Waals surface area contributed by atoms with E-state index in [0.29, 0.717) is 32.8 Å². The van der Waals surface area contributed by atoms with Crippen LogP contribution in [0.2, 0.25) is 0 Å². The summed E-state index contributed by atoms with van der Waals surface area (Å²) in [7, 11) is 1.30. The Kier molecular flexibility index (Phi) is 6.14. The third-order valence-electron chi connectivity index (χ3n) is 3.81. The van der Waals surface area contributed by atoms with Gasteiger partial charge in [-0.1, -0.05) is 0 Å². The van der Waals surface area contributed by atoms with Crippen LogP contribution in [0, 0.1) is 10.1 Å². The van der Waals surface area contributed by atoms with Gasteiger partial charge in [0.25, 0.3) is 0 Å². The van der Waals surface area contributed by atoms with E-state index in [1.54, 1.807) is 16.7 Å². The Labute approximate surface area is 144 Å². The number of piperazine rings is 1. The SMILES string of the molecule is CCOC(=O)N1CCN(C(=O)CCn2cc([N+](=O)[O-])c(OC)n2)CC1. The largest absolute Gasteiger partial charge is 0.475 e. The summed E-state index contributed by atoms with van der Waals surface area (Å²) < 4.78 is 11.1. The van der Waals surface area contributed by atoms with Crippen molar-refractivity contribution < 1.29 is 24.0 Å². The molecule has 0 radical (unpaired) electrons. The predicted molar refractivity (Wildman–Crippen MR) is 85.2 cm³/mol. The summed E-state index contributed by atoms with van der Waals surface area (Å²) in [6, 6.07) is 0. The minimum Gasteiger partial charge on any atom is -0.475 e. The monoisotopic (exact) mass is 355 g/mol. The molecule has 2 rings (SSSR count). The van der Waals surface area contributed by atoms with Crippen LogP contribution in [0.3, 0.4) is 0 Å². The summed E-state index contributed by atoms with van der Waals surface area (Å²) in [4.78, 5) is 37.4. The molecule has 2 heterocycles. The molecule has 1 saturated heterocycles. The summed E-state index contributed by atoms with van der Waals surface area (Å²) in [5.41, 5.74) is -0.238. The fraction of sp³-hybridized carbons (Fsp3) is 0.643. The number of carbonyl (C=O) groups is 2. The third-order valence-corrected chi connectivity index (χ3v) is 3.81. The van der Waals surface area contributed by atoms with Crippen LogP contribution in [0.5, 0.6) is 5.88 Å². The highest BCUT2D eigenvalue weighted by Crippen LogP contribution is 2.24. The molecule has 0 bridgehead atoms. The Morgan fingerprint density at radius 2 is 1.92 bits per heavy atom. The van der Waals surface area contributed by atoms with Gasteiger partial charge < -0.3 is 19.3 Å². The fourth-order valence-electron chi connectivity index (χ4n) is 2.50. The Bertz CT molecular complexity index is 638. The lowest BCUT2D eigenvalue weighted by atomic mass is 10.3. The molecule has 0 spiro atoms. The van der Waals surface area contributed by atoms with E-state index in [2.05, 4.69) is 5.10 Å². The minimum atomic E-state index is -0.585. The van der Waals surface area contributed by atoms with Crippen LogP contribution in [-0.2, 0) is 16.1 Å². The molecule has 1 aliphatic rings. The zero-order valence-electron chi connectivity index (χ0n) is 14.2. The molecular formula is C14H21N5O6. The number of aromatic nitrogens is 2. The predicted octanol–water partition coefficient (Wildman–Crippen LogP) is 0.491. The lowest BCUT2D eigenvalue weighted by molar-refractivity contribution is -0.385. The normalized spacial score (nSPS) is 14.3. The third kappa shape index (κ3) is 4.58. The molecular weight excluding hydrogens is 334 g/mol. The molecule has 0 aliphatic carbocycles. The van der Waals surface area contributed by atoms with Crippen LogP contribution in [0.25, 0.3) is 0 Å². The van der Waals surface area contributed by atoms with Gasteiger partial charge in [-0.25, -0.2) is 4.79 Å². The molecule has 1 fully saturated rings. The lowest BCUT2D eigenvalue weighted by Crippen LogP contribution is -2.50. The molecule has 11 nitrogen and oxygen atoms in total. The second-order valence-electron chi connectivity index (χ2n) is 5.36. The number of aryl methyl sites for hydroxylation is 1. The highest BCUT2D eigenvalue weighted by atomic mass is 16.6. The van der Waals surface area contributed by atoms with E-state index in [1.165, 1.54) is 18.0 Å². The molecule has 1 aliphatic heterocycles. The van der Waals surface area contributed by atoms with E-state index in [1.807, 2.05) is 0 Å². The number of nitro groups is 1. The molecule has 2 amide bonds. The topological polar surface area (TPSA) is 120 Å². The van der Waals surface area contributed by atoms with Crippen LogP contribution < -0.4 is 4.74 Å². The summed E-state index contributed by atoms with van der Waals surface area (Å²) in [6.45, 7) is 3.97. The molecule has 0 N–H and O–H groups in total. The van der Waals surface area contributed by atoms with E-state index in [4.69, 9.17) is 9.47 Å². The van der Waals surface area contributed by atoms with Gasteiger partial charge in [-0.05, 0) is 6.92 Å². The fourth-order valence-corrected chi connectivity index (χ4v) is 2.50. The van der Waals surface area contributed by atoms with E-state index in [-0.39, 0.29) is 36.5 Å². The van der Waals surface area contributed by atoms with Gasteiger partial charge in [-0.2, -0.15) is 0 Å². The Hall–Kier alpha value is -2.85. The average molecular weight is 355 g/mol. The second kappa shape index (κ2) is 8.31. The molecule has 0 atom stereocenters. The maximum Gasteiger partial charge on any atom is 0.409 e. The first-order valence-corrected chi connectivity index (χ1v) is 7.91. The van der Waals surface area contributed by atoms with Crippen molar-refractivity contribution in [3.05, 3.63) is 16.3 Å². The number of amides is 2. The Balaban J connectivity index is 1.83. The van der Waals surface area contributed by atoms with Gasteiger partial charge in [0, 0.05) is 32.6 Å². The maximum absolute atomic E-state index is 12.3. The van der Waals surface area contributed by atoms with Crippen molar-refractivity contribution in [3.8, 4) is 5.88 Å². The zero-order chi connectivity index (χ0) is 18.4. The number of carbonyl (C=O) groups excluding carboxylic acids is 2. The van der Waals surface area contributed by atoms with Gasteiger partial charge >= 0.3 is 17.7 Å². The number of methoxy groups -OCH3 is 1. The number of ether oxygens (including phenoxy) is 2. The van der Waals surface area contributed by atoms with Crippen molar-refractivity contribution in [2.24, 2.45) is 0 Å². The van der Waals surface area contributed by atoms with Crippen molar-refractivity contribution in [1.82, 2.24) is 19.6 Å². The lowest BCUT2D eigenvalue weighted by Gasteiger charge is -2.34. The standard InChI is InChI=1S/C14H21N5O6/c1-3-25-14(21)17-8-6-16(7-9-17)12(20)4-5-18-10-11(19(22)23)13(15-18)24-2/h10H,3-9H2,1-2H3. The van der Waals surface area contributed by atoms with E-state index in [9.17, 15) is 19.7 Å². The molecule has 0 unspecified atom stereocenters. The Morgan fingerprint density at radius 1 is 1.28 bits per heavy atom. The van der Waals surface area contributed by atoms with Gasteiger partial charge in [-0.15, -0.1) is 5.10 Å². The second-order valence-corrected chi connectivity index (χ2v) is 5.36. The number of nitrogens with zero attached hydrogens (tertiary/aromatic N) is 5. The van der Waals surface area contributed by atoms with Crippen molar-refractivity contribution in [2.45, 2.75) is 19.9 Å². The zero-order valence-corrected chi connectivity index (χ0v) is 14.2. The highest BCUT2D eigenvalue weighted by Gasteiger charge is 2.25. The summed E-state index contributed by atoms with van der Waals surface area (Å²) >= 11 is 0. The van der Waals surface area contributed by atoms with Crippen molar-refractivity contribution in [1.29, 1.82) is 0 Å². The van der Waals surface area contributed by atoms with Gasteiger partial charge in [-0.3, -0.25) is 19.6 Å². The first-order valence-electron chi connectivity index (χ1n) is 7.91. The van der Waals surface area contributed by atoms with Gasteiger partial charge in [0.05, 0.1) is 25.2 Å². The van der Waals surface area contributed by atoms with Gasteiger partial charge in [0.15, 0.2) is 0 Å². The molecule has 0 saturated carbocycles. The average Bonchev–Trinajstić information content (AvgIpc) is 3.03. The Morgan fingerprint density at radius 3 is 2.44 bits per heavy atom. The van der Waals surface area contributed by atoms with Gasteiger partial charge in [0.1, 0.15) is 6.20 Å². The van der Waals surface area contributed by atoms with E-state index >= 15 is 0 Å². The van der Waals surface area contributed by atoms with Crippen LogP contribution in [0.15, 0.2) is 6.20 Å². The quantitative estimate of drug-likeness (QED) is 0.538. The van der Waals surface area contributed by atoms with Crippen LogP contribution >= 0.6 is 0 Å². The molecule has 138 valence electrons. The summed E-state index contributed by atoms with van der Waals surface area (Å²) in [5, 5.41) is 14.8. The first-order chi connectivity index (χ1) is 12.0. The molecule has 25 heavy (non-hydrogen) atoms. The molecule has 11 heteroatoms. The number of hydrogen-bond donors (Lipinski definition) is 0.